The van der Waals surface area contributed by atoms with Crippen molar-refractivity contribution in [2.45, 2.75) is 16.6 Å². The third kappa shape index (κ3) is 4.56. The van der Waals surface area contributed by atoms with E-state index in [9.17, 15) is 0 Å². The van der Waals surface area contributed by atoms with Crippen LogP contribution in [0.1, 0.15) is 17.2 Å². The van der Waals surface area contributed by atoms with E-state index in [4.69, 9.17) is 34.1 Å². The molecule has 0 aliphatic carbocycles. The molecular formula is C15H14Cl2N2OS. The van der Waals surface area contributed by atoms with Crippen molar-refractivity contribution in [2.75, 3.05) is 0 Å². The first-order chi connectivity index (χ1) is 10.1. The summed E-state index contributed by atoms with van der Waals surface area (Å²) >= 11 is 13.6. The van der Waals surface area contributed by atoms with Gasteiger partial charge < -0.3 is 10.9 Å². The van der Waals surface area contributed by atoms with Crippen LogP contribution in [0.4, 0.5) is 0 Å². The van der Waals surface area contributed by atoms with Gasteiger partial charge in [-0.05, 0) is 23.8 Å². The maximum Gasteiger partial charge on any atom is 0.140 e. The molecule has 0 heterocycles. The molecule has 0 radical (unpaired) electrons. The van der Waals surface area contributed by atoms with Crippen molar-refractivity contribution in [3.05, 3.63) is 64.1 Å². The highest BCUT2D eigenvalue weighted by Crippen LogP contribution is 2.39. The Bertz CT molecular complexity index is 635. The van der Waals surface area contributed by atoms with Crippen LogP contribution in [0.25, 0.3) is 0 Å². The van der Waals surface area contributed by atoms with E-state index in [1.807, 2.05) is 42.5 Å². The van der Waals surface area contributed by atoms with Gasteiger partial charge in [0.1, 0.15) is 5.84 Å². The van der Waals surface area contributed by atoms with Gasteiger partial charge in [-0.25, -0.2) is 0 Å². The number of hydrogen-bond donors (Lipinski definition) is 2. The average Bonchev–Trinajstić information content (AvgIpc) is 2.51. The normalized spacial score (nSPS) is 13.1. The fraction of sp³-hybridized carbons (Fsp3) is 0.133. The first kappa shape index (κ1) is 16.0. The number of rotatable bonds is 5. The van der Waals surface area contributed by atoms with E-state index in [0.29, 0.717) is 16.5 Å². The van der Waals surface area contributed by atoms with Crippen molar-refractivity contribution in [1.29, 1.82) is 0 Å². The predicted molar refractivity (Wildman–Crippen MR) is 89.5 cm³/mol. The second-order valence-electron chi connectivity index (χ2n) is 4.39. The SMILES string of the molecule is NC(CC(Sc1ccc(Cl)c(Cl)c1)c1ccccc1)=NO. The van der Waals surface area contributed by atoms with Gasteiger partial charge in [0, 0.05) is 16.6 Å². The zero-order valence-corrected chi connectivity index (χ0v) is 13.4. The summed E-state index contributed by atoms with van der Waals surface area (Å²) in [4.78, 5) is 0.976. The topological polar surface area (TPSA) is 58.6 Å². The fourth-order valence-electron chi connectivity index (χ4n) is 1.84. The molecule has 2 rings (SSSR count). The van der Waals surface area contributed by atoms with E-state index in [1.54, 1.807) is 17.8 Å². The molecule has 2 aromatic rings. The highest BCUT2D eigenvalue weighted by molar-refractivity contribution is 7.99. The maximum atomic E-state index is 8.79. The number of thioether (sulfide) groups is 1. The molecule has 3 N–H and O–H groups in total. The van der Waals surface area contributed by atoms with Gasteiger partial charge in [0.25, 0.3) is 0 Å². The number of nitrogens with zero attached hydrogens (tertiary/aromatic N) is 1. The standard InChI is InChI=1S/C15H14Cl2N2OS/c16-12-7-6-11(8-13(12)17)21-14(9-15(18)19-20)10-4-2-1-3-5-10/h1-8,14,20H,9H2,(H2,18,19). The van der Waals surface area contributed by atoms with E-state index >= 15 is 0 Å². The Hall–Kier alpha value is -1.36. The molecule has 0 aliphatic heterocycles. The molecule has 1 atom stereocenters. The minimum absolute atomic E-state index is 0.0272. The number of hydrogen-bond acceptors (Lipinski definition) is 3. The fourth-order valence-corrected chi connectivity index (χ4v) is 3.41. The minimum Gasteiger partial charge on any atom is -0.409 e. The number of benzene rings is 2. The lowest BCUT2D eigenvalue weighted by molar-refractivity contribution is 0.317. The van der Waals surface area contributed by atoms with E-state index in [-0.39, 0.29) is 11.1 Å². The first-order valence-corrected chi connectivity index (χ1v) is 7.86. The molecule has 0 aliphatic rings. The summed E-state index contributed by atoms with van der Waals surface area (Å²) in [6, 6.07) is 15.4. The molecule has 21 heavy (non-hydrogen) atoms. The molecular weight excluding hydrogens is 327 g/mol. The summed E-state index contributed by atoms with van der Waals surface area (Å²) in [6.45, 7) is 0. The van der Waals surface area contributed by atoms with Crippen molar-refractivity contribution < 1.29 is 5.21 Å². The zero-order chi connectivity index (χ0) is 15.2. The van der Waals surface area contributed by atoms with E-state index in [1.165, 1.54) is 0 Å². The second kappa shape index (κ2) is 7.59. The van der Waals surface area contributed by atoms with Gasteiger partial charge in [0.2, 0.25) is 0 Å². The highest BCUT2D eigenvalue weighted by atomic mass is 35.5. The third-order valence-electron chi connectivity index (χ3n) is 2.86. The van der Waals surface area contributed by atoms with Gasteiger partial charge in [-0.2, -0.15) is 0 Å². The molecule has 0 saturated heterocycles. The molecule has 0 spiro atoms. The summed E-state index contributed by atoms with van der Waals surface area (Å²) in [7, 11) is 0. The van der Waals surface area contributed by atoms with Crippen LogP contribution in [-0.4, -0.2) is 11.0 Å². The zero-order valence-electron chi connectivity index (χ0n) is 11.0. The summed E-state index contributed by atoms with van der Waals surface area (Å²) in [5.74, 6) is 0.191. The average molecular weight is 341 g/mol. The van der Waals surface area contributed by atoms with Gasteiger partial charge in [0.05, 0.1) is 10.0 Å². The van der Waals surface area contributed by atoms with E-state index in [0.717, 1.165) is 10.5 Å². The van der Waals surface area contributed by atoms with E-state index < -0.39 is 0 Å². The quantitative estimate of drug-likeness (QED) is 0.266. The molecule has 0 aromatic heterocycles. The Labute approximate surface area is 137 Å². The smallest absolute Gasteiger partial charge is 0.140 e. The van der Waals surface area contributed by atoms with Crippen molar-refractivity contribution in [3.63, 3.8) is 0 Å². The Kier molecular flexibility index (Phi) is 5.79. The molecule has 2 aromatic carbocycles. The van der Waals surface area contributed by atoms with Crippen molar-refractivity contribution >= 4 is 40.8 Å². The molecule has 3 nitrogen and oxygen atoms in total. The van der Waals surface area contributed by atoms with Crippen LogP contribution in [0.3, 0.4) is 0 Å². The van der Waals surface area contributed by atoms with Gasteiger partial charge in [-0.1, -0.05) is 58.7 Å². The van der Waals surface area contributed by atoms with Crippen LogP contribution in [-0.2, 0) is 0 Å². The van der Waals surface area contributed by atoms with E-state index in [2.05, 4.69) is 5.16 Å². The van der Waals surface area contributed by atoms with Crippen molar-refractivity contribution in [1.82, 2.24) is 0 Å². The Morgan fingerprint density at radius 1 is 1.14 bits per heavy atom. The van der Waals surface area contributed by atoms with Crippen molar-refractivity contribution in [3.8, 4) is 0 Å². The summed E-state index contributed by atoms with van der Waals surface area (Å²) in [5, 5.41) is 12.9. The summed E-state index contributed by atoms with van der Waals surface area (Å²) in [6.07, 6.45) is 0.436. The maximum absolute atomic E-state index is 8.79. The largest absolute Gasteiger partial charge is 0.409 e. The predicted octanol–water partition coefficient (Wildman–Crippen LogP) is 4.96. The lowest BCUT2D eigenvalue weighted by Crippen LogP contribution is -2.14. The molecule has 0 bridgehead atoms. The number of nitrogens with two attached hydrogens (primary N) is 1. The third-order valence-corrected chi connectivity index (χ3v) is 4.85. The Balaban J connectivity index is 2.25. The van der Waals surface area contributed by atoms with Crippen LogP contribution in [0, 0.1) is 0 Å². The van der Waals surface area contributed by atoms with Gasteiger partial charge >= 0.3 is 0 Å². The molecule has 6 heteroatoms. The molecule has 1 unspecified atom stereocenters. The van der Waals surface area contributed by atoms with Gasteiger partial charge in [0.15, 0.2) is 0 Å². The van der Waals surface area contributed by atoms with Crippen molar-refractivity contribution in [2.24, 2.45) is 10.9 Å². The van der Waals surface area contributed by atoms with Crippen LogP contribution in [0.2, 0.25) is 10.0 Å². The number of oxime groups is 1. The number of amidine groups is 1. The second-order valence-corrected chi connectivity index (χ2v) is 6.48. The van der Waals surface area contributed by atoms with Crippen LogP contribution >= 0.6 is 35.0 Å². The molecule has 0 amide bonds. The minimum atomic E-state index is 0.0272. The number of halogens is 2. The molecule has 0 saturated carbocycles. The van der Waals surface area contributed by atoms with Crippen LogP contribution in [0.15, 0.2) is 58.6 Å². The van der Waals surface area contributed by atoms with Crippen LogP contribution in [0.5, 0.6) is 0 Å². The Morgan fingerprint density at radius 3 is 2.48 bits per heavy atom. The van der Waals surface area contributed by atoms with Crippen LogP contribution < -0.4 is 5.73 Å². The Morgan fingerprint density at radius 2 is 1.86 bits per heavy atom. The first-order valence-electron chi connectivity index (χ1n) is 6.23. The van der Waals surface area contributed by atoms with Gasteiger partial charge in [-0.3, -0.25) is 0 Å². The molecule has 110 valence electrons. The lowest BCUT2D eigenvalue weighted by Gasteiger charge is -2.16. The highest BCUT2D eigenvalue weighted by Gasteiger charge is 2.16. The lowest BCUT2D eigenvalue weighted by atomic mass is 10.1. The molecule has 0 fully saturated rings. The summed E-state index contributed by atoms with van der Waals surface area (Å²) in [5.41, 5.74) is 6.76. The monoisotopic (exact) mass is 340 g/mol. The van der Waals surface area contributed by atoms with Gasteiger partial charge in [-0.15, -0.1) is 11.8 Å². The summed E-state index contributed by atoms with van der Waals surface area (Å²) < 4.78 is 0.